The Bertz CT molecular complexity index is 642. The van der Waals surface area contributed by atoms with Gasteiger partial charge in [0.15, 0.2) is 6.10 Å². The van der Waals surface area contributed by atoms with Crippen LogP contribution in [0.5, 0.6) is 0 Å². The Hall–Kier alpha value is -1.89. The molecule has 0 aliphatic carbocycles. The van der Waals surface area contributed by atoms with Gasteiger partial charge in [-0.2, -0.15) is 0 Å². The van der Waals surface area contributed by atoms with Crippen LogP contribution >= 0.6 is 0 Å². The van der Waals surface area contributed by atoms with Crippen molar-refractivity contribution < 1.29 is 9.57 Å². The minimum absolute atomic E-state index is 0.128. The fraction of sp³-hybridized carbons (Fsp3) is 0.643. The number of aryl methyl sites for hydroxylation is 1. The first-order valence-corrected chi connectivity index (χ1v) is 7.07. The van der Waals surface area contributed by atoms with Crippen LogP contribution in [0.1, 0.15) is 45.4 Å². The summed E-state index contributed by atoms with van der Waals surface area (Å²) in [5, 5.41) is 3.98. The Morgan fingerprint density at radius 2 is 2.24 bits per heavy atom. The second kappa shape index (κ2) is 6.26. The smallest absolute Gasteiger partial charge is 0.330 e. The minimum atomic E-state index is -0.471. The molecular formula is C14H21N3O4. The molecule has 0 spiro atoms. The number of aromatic amines is 1. The fourth-order valence-electron chi connectivity index (χ4n) is 2.32. The molecule has 1 saturated heterocycles. The number of ether oxygens (including phenoxy) is 1. The Morgan fingerprint density at radius 1 is 1.52 bits per heavy atom. The highest BCUT2D eigenvalue weighted by Gasteiger charge is 2.37. The lowest BCUT2D eigenvalue weighted by molar-refractivity contribution is -0.0397. The first kappa shape index (κ1) is 15.5. The molecule has 1 aliphatic heterocycles. The summed E-state index contributed by atoms with van der Waals surface area (Å²) in [7, 11) is 0. The van der Waals surface area contributed by atoms with E-state index in [1.165, 1.54) is 10.8 Å². The molecule has 0 aromatic carbocycles. The highest BCUT2D eigenvalue weighted by molar-refractivity contribution is 5.78. The number of hydrogen-bond donors (Lipinski definition) is 1. The van der Waals surface area contributed by atoms with E-state index in [1.807, 2.05) is 20.8 Å². The summed E-state index contributed by atoms with van der Waals surface area (Å²) in [4.78, 5) is 31.1. The van der Waals surface area contributed by atoms with E-state index in [0.29, 0.717) is 12.0 Å². The maximum atomic E-state index is 11.9. The molecule has 7 nitrogen and oxygen atoms in total. The van der Waals surface area contributed by atoms with Crippen LogP contribution in [0.15, 0.2) is 20.9 Å². The molecule has 116 valence electrons. The Morgan fingerprint density at radius 3 is 2.86 bits per heavy atom. The molecule has 2 heterocycles. The number of hydrogen-bond acceptors (Lipinski definition) is 5. The first-order valence-electron chi connectivity index (χ1n) is 7.07. The van der Waals surface area contributed by atoms with E-state index in [4.69, 9.17) is 9.57 Å². The Labute approximate surface area is 122 Å². The van der Waals surface area contributed by atoms with Gasteiger partial charge in [-0.1, -0.05) is 12.1 Å². The average Bonchev–Trinajstić information content (AvgIpc) is 2.83. The van der Waals surface area contributed by atoms with E-state index in [-0.39, 0.29) is 17.8 Å². The third kappa shape index (κ3) is 3.41. The quantitative estimate of drug-likeness (QED) is 0.670. The average molecular weight is 295 g/mol. The molecule has 1 unspecified atom stereocenters. The molecule has 1 aliphatic rings. The summed E-state index contributed by atoms with van der Waals surface area (Å²) in [6.45, 7) is 7.35. The highest BCUT2D eigenvalue weighted by Crippen LogP contribution is 2.31. The number of H-pyrrole nitrogens is 1. The van der Waals surface area contributed by atoms with Gasteiger partial charge in [0.1, 0.15) is 6.23 Å². The van der Waals surface area contributed by atoms with E-state index in [2.05, 4.69) is 10.1 Å². The van der Waals surface area contributed by atoms with Crippen molar-refractivity contribution in [1.29, 1.82) is 0 Å². The number of nitrogens with one attached hydrogen (secondary N) is 1. The van der Waals surface area contributed by atoms with Crippen molar-refractivity contribution in [3.05, 3.63) is 32.6 Å². The maximum Gasteiger partial charge on any atom is 0.330 e. The molecule has 21 heavy (non-hydrogen) atoms. The van der Waals surface area contributed by atoms with Gasteiger partial charge < -0.3 is 9.57 Å². The van der Waals surface area contributed by atoms with Gasteiger partial charge in [0.25, 0.3) is 5.56 Å². The molecule has 0 saturated carbocycles. The van der Waals surface area contributed by atoms with Crippen LogP contribution in [-0.4, -0.2) is 27.5 Å². The van der Waals surface area contributed by atoms with Gasteiger partial charge in [0.05, 0.1) is 11.8 Å². The van der Waals surface area contributed by atoms with Crippen molar-refractivity contribution >= 4 is 5.71 Å². The van der Waals surface area contributed by atoms with Crippen LogP contribution in [-0.2, 0) is 9.57 Å². The zero-order valence-corrected chi connectivity index (χ0v) is 12.8. The predicted octanol–water partition coefficient (Wildman–Crippen LogP) is 1.32. The monoisotopic (exact) mass is 295 g/mol. The Kier molecular flexibility index (Phi) is 4.62. The standard InChI is InChI=1S/C14H21N3O4/c1-5-10-11(21-16-8(2)3)6-12(20-10)17-7-9(4)13(18)15-14(17)19/h7,10-12H,5-6H2,1-4H3,(H,15,18,19)/t10-,11?,12-/m1/s1. The minimum Gasteiger partial charge on any atom is -0.390 e. The summed E-state index contributed by atoms with van der Waals surface area (Å²) in [6, 6.07) is 0. The number of aromatic nitrogens is 2. The van der Waals surface area contributed by atoms with Crippen molar-refractivity contribution in [2.75, 3.05) is 0 Å². The SMILES string of the molecule is CC[C@H]1O[C@@H](n2cc(C)c(=O)[nH]c2=O)CC1ON=C(C)C. The fourth-order valence-corrected chi connectivity index (χ4v) is 2.32. The molecule has 3 atom stereocenters. The summed E-state index contributed by atoms with van der Waals surface area (Å²) in [5.74, 6) is 0. The largest absolute Gasteiger partial charge is 0.390 e. The molecule has 2 rings (SSSR count). The summed E-state index contributed by atoms with van der Waals surface area (Å²) < 4.78 is 7.27. The predicted molar refractivity (Wildman–Crippen MR) is 78.5 cm³/mol. The van der Waals surface area contributed by atoms with E-state index in [1.54, 1.807) is 6.92 Å². The molecule has 1 aromatic rings. The molecule has 1 fully saturated rings. The third-order valence-electron chi connectivity index (χ3n) is 3.41. The topological polar surface area (TPSA) is 85.7 Å². The van der Waals surface area contributed by atoms with Gasteiger partial charge in [-0.15, -0.1) is 0 Å². The third-order valence-corrected chi connectivity index (χ3v) is 3.41. The van der Waals surface area contributed by atoms with Gasteiger partial charge in [-0.25, -0.2) is 4.79 Å². The summed E-state index contributed by atoms with van der Waals surface area (Å²) >= 11 is 0. The maximum absolute atomic E-state index is 11.9. The summed E-state index contributed by atoms with van der Waals surface area (Å²) in [5.41, 5.74) is 0.449. The van der Waals surface area contributed by atoms with Gasteiger partial charge in [0, 0.05) is 18.2 Å². The molecule has 7 heteroatoms. The van der Waals surface area contributed by atoms with Gasteiger partial charge in [-0.3, -0.25) is 14.3 Å². The van der Waals surface area contributed by atoms with E-state index < -0.39 is 11.9 Å². The van der Waals surface area contributed by atoms with Crippen LogP contribution in [0, 0.1) is 6.92 Å². The van der Waals surface area contributed by atoms with Crippen molar-refractivity contribution in [3.63, 3.8) is 0 Å². The lowest BCUT2D eigenvalue weighted by Gasteiger charge is -2.15. The zero-order valence-electron chi connectivity index (χ0n) is 12.8. The molecular weight excluding hydrogens is 274 g/mol. The van der Waals surface area contributed by atoms with Crippen molar-refractivity contribution in [3.8, 4) is 0 Å². The second-order valence-corrected chi connectivity index (χ2v) is 5.43. The summed E-state index contributed by atoms with van der Waals surface area (Å²) in [6.07, 6.45) is 2.02. The molecule has 0 radical (unpaired) electrons. The van der Waals surface area contributed by atoms with Crippen LogP contribution in [0.2, 0.25) is 0 Å². The Balaban J connectivity index is 2.23. The molecule has 0 bridgehead atoms. The number of nitrogens with zero attached hydrogens (tertiary/aromatic N) is 2. The molecule has 1 aromatic heterocycles. The van der Waals surface area contributed by atoms with Crippen LogP contribution in [0.3, 0.4) is 0 Å². The van der Waals surface area contributed by atoms with Gasteiger partial charge in [0.2, 0.25) is 0 Å². The van der Waals surface area contributed by atoms with Crippen LogP contribution in [0.25, 0.3) is 0 Å². The number of oxime groups is 1. The van der Waals surface area contributed by atoms with Crippen LogP contribution in [0.4, 0.5) is 0 Å². The number of rotatable bonds is 4. The van der Waals surface area contributed by atoms with Crippen molar-refractivity contribution in [2.45, 2.75) is 59.0 Å². The lowest BCUT2D eigenvalue weighted by atomic mass is 10.1. The first-order chi connectivity index (χ1) is 9.92. The van der Waals surface area contributed by atoms with Gasteiger partial charge >= 0.3 is 5.69 Å². The zero-order chi connectivity index (χ0) is 15.6. The highest BCUT2D eigenvalue weighted by atomic mass is 16.7. The van der Waals surface area contributed by atoms with Gasteiger partial charge in [-0.05, 0) is 27.2 Å². The van der Waals surface area contributed by atoms with E-state index >= 15 is 0 Å². The molecule has 1 N–H and O–H groups in total. The van der Waals surface area contributed by atoms with Crippen LogP contribution < -0.4 is 11.2 Å². The molecule has 0 amide bonds. The van der Waals surface area contributed by atoms with E-state index in [9.17, 15) is 9.59 Å². The normalized spacial score (nSPS) is 24.9. The van der Waals surface area contributed by atoms with E-state index in [0.717, 1.165) is 12.1 Å². The van der Waals surface area contributed by atoms with Crippen molar-refractivity contribution in [2.24, 2.45) is 5.16 Å². The van der Waals surface area contributed by atoms with Crippen molar-refractivity contribution in [1.82, 2.24) is 9.55 Å². The lowest BCUT2D eigenvalue weighted by Crippen LogP contribution is -2.33. The second-order valence-electron chi connectivity index (χ2n) is 5.43.